The second-order valence-electron chi connectivity index (χ2n) is 6.48. The Morgan fingerprint density at radius 1 is 1.31 bits per heavy atom. The van der Waals surface area contributed by atoms with Gasteiger partial charge in [0.25, 0.3) is 11.8 Å². The fourth-order valence-corrected chi connectivity index (χ4v) is 2.87. The van der Waals surface area contributed by atoms with E-state index in [1.807, 2.05) is 0 Å². The Hall–Kier alpha value is -2.80. The summed E-state index contributed by atoms with van der Waals surface area (Å²) >= 11 is 0. The second kappa shape index (κ2) is 7.21. The van der Waals surface area contributed by atoms with Crippen LogP contribution >= 0.6 is 0 Å². The molecule has 2 N–H and O–H groups in total. The molecule has 6 nitrogen and oxygen atoms in total. The fourth-order valence-electron chi connectivity index (χ4n) is 2.87. The van der Waals surface area contributed by atoms with Crippen LogP contribution in [-0.4, -0.2) is 47.0 Å². The standard InChI is InChI=1S/C19H20FN3O3/c1-19(18(21)25)12-23(8-9-26-19)17(24)14-6-7-15(22-11-14)10-13-4-2-3-5-16(13)20/h2-7,11H,8-10,12H2,1H3,(H2,21,25)/t19-/m0/s1. The number of pyridine rings is 1. The van der Waals surface area contributed by atoms with Gasteiger partial charge in [0.05, 0.1) is 18.7 Å². The maximum atomic E-state index is 13.7. The van der Waals surface area contributed by atoms with E-state index < -0.39 is 11.5 Å². The number of ether oxygens (including phenoxy) is 1. The maximum Gasteiger partial charge on any atom is 0.255 e. The zero-order chi connectivity index (χ0) is 18.7. The Labute approximate surface area is 150 Å². The van der Waals surface area contributed by atoms with Crippen LogP contribution in [0.2, 0.25) is 0 Å². The topological polar surface area (TPSA) is 85.5 Å². The summed E-state index contributed by atoms with van der Waals surface area (Å²) in [7, 11) is 0. The van der Waals surface area contributed by atoms with Gasteiger partial charge in [-0.05, 0) is 30.7 Å². The monoisotopic (exact) mass is 357 g/mol. The Kier molecular flexibility index (Phi) is 4.99. The third kappa shape index (κ3) is 3.72. The largest absolute Gasteiger partial charge is 0.367 e. The highest BCUT2D eigenvalue weighted by molar-refractivity contribution is 5.95. The molecule has 1 aromatic carbocycles. The summed E-state index contributed by atoms with van der Waals surface area (Å²) in [4.78, 5) is 30.0. The van der Waals surface area contributed by atoms with Gasteiger partial charge < -0.3 is 15.4 Å². The van der Waals surface area contributed by atoms with E-state index in [1.54, 1.807) is 37.3 Å². The highest BCUT2D eigenvalue weighted by atomic mass is 19.1. The van der Waals surface area contributed by atoms with Gasteiger partial charge in [-0.1, -0.05) is 18.2 Å². The Morgan fingerprint density at radius 2 is 2.08 bits per heavy atom. The smallest absolute Gasteiger partial charge is 0.255 e. The Balaban J connectivity index is 1.71. The van der Waals surface area contributed by atoms with Crippen LogP contribution in [0.5, 0.6) is 0 Å². The Bertz CT molecular complexity index is 825. The summed E-state index contributed by atoms with van der Waals surface area (Å²) < 4.78 is 19.1. The predicted molar refractivity (Wildman–Crippen MR) is 92.9 cm³/mol. The molecule has 0 bridgehead atoms. The molecule has 1 aliphatic heterocycles. The lowest BCUT2D eigenvalue weighted by Gasteiger charge is -2.38. The molecule has 0 spiro atoms. The molecule has 1 aromatic heterocycles. The second-order valence-corrected chi connectivity index (χ2v) is 6.48. The van der Waals surface area contributed by atoms with Crippen LogP contribution < -0.4 is 5.73 Å². The molecule has 0 aliphatic carbocycles. The van der Waals surface area contributed by atoms with Gasteiger partial charge >= 0.3 is 0 Å². The molecular formula is C19H20FN3O3. The summed E-state index contributed by atoms with van der Waals surface area (Å²) in [6.07, 6.45) is 1.81. The zero-order valence-electron chi connectivity index (χ0n) is 14.4. The van der Waals surface area contributed by atoms with Crippen LogP contribution in [0.25, 0.3) is 0 Å². The van der Waals surface area contributed by atoms with Crippen molar-refractivity contribution in [2.45, 2.75) is 18.9 Å². The number of benzene rings is 1. The van der Waals surface area contributed by atoms with Gasteiger partial charge in [0.1, 0.15) is 5.82 Å². The van der Waals surface area contributed by atoms with Gasteiger partial charge in [0, 0.05) is 24.9 Å². The lowest BCUT2D eigenvalue weighted by molar-refractivity contribution is -0.150. The number of carbonyl (C=O) groups is 2. The minimum absolute atomic E-state index is 0.0954. The minimum atomic E-state index is -1.19. The molecule has 1 fully saturated rings. The number of primary amides is 1. The van der Waals surface area contributed by atoms with E-state index in [0.717, 1.165) is 0 Å². The number of carbonyl (C=O) groups excluding carboxylic acids is 2. The van der Waals surface area contributed by atoms with Crippen LogP contribution in [-0.2, 0) is 16.0 Å². The molecule has 1 aliphatic rings. The van der Waals surface area contributed by atoms with E-state index in [1.165, 1.54) is 17.2 Å². The zero-order valence-corrected chi connectivity index (χ0v) is 14.4. The van der Waals surface area contributed by atoms with Crippen LogP contribution in [0.15, 0.2) is 42.6 Å². The third-order valence-electron chi connectivity index (χ3n) is 4.48. The molecule has 2 heterocycles. The summed E-state index contributed by atoms with van der Waals surface area (Å²) in [6, 6.07) is 9.87. The number of nitrogens with zero attached hydrogens (tertiary/aromatic N) is 2. The molecule has 3 rings (SSSR count). The van der Waals surface area contributed by atoms with E-state index in [-0.39, 0.29) is 24.9 Å². The van der Waals surface area contributed by atoms with Crippen molar-refractivity contribution in [2.24, 2.45) is 5.73 Å². The van der Waals surface area contributed by atoms with Gasteiger partial charge in [0.2, 0.25) is 0 Å². The van der Waals surface area contributed by atoms with Crippen molar-refractivity contribution >= 4 is 11.8 Å². The highest BCUT2D eigenvalue weighted by Crippen LogP contribution is 2.19. The number of aromatic nitrogens is 1. The first-order valence-electron chi connectivity index (χ1n) is 8.30. The van der Waals surface area contributed by atoms with Crippen LogP contribution in [0.3, 0.4) is 0 Å². The first kappa shape index (κ1) is 18.0. The van der Waals surface area contributed by atoms with Crippen molar-refractivity contribution < 1.29 is 18.7 Å². The quantitative estimate of drug-likeness (QED) is 0.899. The number of hydrogen-bond acceptors (Lipinski definition) is 4. The lowest BCUT2D eigenvalue weighted by atomic mass is 10.0. The molecule has 0 radical (unpaired) electrons. The molecule has 7 heteroatoms. The number of rotatable bonds is 4. The lowest BCUT2D eigenvalue weighted by Crippen LogP contribution is -2.58. The SMILES string of the molecule is C[C@@]1(C(N)=O)CN(C(=O)c2ccc(Cc3ccccc3F)nc2)CCO1. The average molecular weight is 357 g/mol. The molecule has 1 atom stereocenters. The minimum Gasteiger partial charge on any atom is -0.367 e. The first-order valence-corrected chi connectivity index (χ1v) is 8.30. The van der Waals surface area contributed by atoms with Crippen molar-refractivity contribution in [1.29, 1.82) is 0 Å². The molecule has 2 aromatic rings. The number of morpholine rings is 1. The molecule has 136 valence electrons. The van der Waals surface area contributed by atoms with Crippen molar-refractivity contribution in [3.63, 3.8) is 0 Å². The maximum absolute atomic E-state index is 13.7. The fraction of sp³-hybridized carbons (Fsp3) is 0.316. The number of hydrogen-bond donors (Lipinski definition) is 1. The van der Waals surface area contributed by atoms with Gasteiger partial charge in [0.15, 0.2) is 5.60 Å². The van der Waals surface area contributed by atoms with Crippen molar-refractivity contribution in [3.8, 4) is 0 Å². The van der Waals surface area contributed by atoms with Crippen molar-refractivity contribution in [1.82, 2.24) is 9.88 Å². The molecule has 1 saturated heterocycles. The summed E-state index contributed by atoms with van der Waals surface area (Å²) in [5, 5.41) is 0. The van der Waals surface area contributed by atoms with Crippen molar-refractivity contribution in [3.05, 3.63) is 65.2 Å². The van der Waals surface area contributed by atoms with E-state index in [0.29, 0.717) is 29.8 Å². The van der Waals surface area contributed by atoms with E-state index in [9.17, 15) is 14.0 Å². The number of nitrogens with two attached hydrogens (primary N) is 1. The highest BCUT2D eigenvalue weighted by Gasteiger charge is 2.39. The van der Waals surface area contributed by atoms with Crippen LogP contribution in [0.4, 0.5) is 4.39 Å². The van der Waals surface area contributed by atoms with Crippen LogP contribution in [0.1, 0.15) is 28.5 Å². The van der Waals surface area contributed by atoms with Gasteiger partial charge in [-0.3, -0.25) is 14.6 Å². The summed E-state index contributed by atoms with van der Waals surface area (Å²) in [5.41, 5.74) is 5.78. The van der Waals surface area contributed by atoms with Gasteiger partial charge in [-0.2, -0.15) is 0 Å². The molecule has 26 heavy (non-hydrogen) atoms. The third-order valence-corrected chi connectivity index (χ3v) is 4.48. The van der Waals surface area contributed by atoms with Crippen molar-refractivity contribution in [2.75, 3.05) is 19.7 Å². The van der Waals surface area contributed by atoms with E-state index >= 15 is 0 Å². The first-order chi connectivity index (χ1) is 12.4. The normalized spacial score (nSPS) is 20.0. The summed E-state index contributed by atoms with van der Waals surface area (Å²) in [5.74, 6) is -1.13. The molecular weight excluding hydrogens is 337 g/mol. The van der Waals surface area contributed by atoms with Gasteiger partial charge in [-0.15, -0.1) is 0 Å². The molecule has 0 saturated carbocycles. The molecule has 2 amide bonds. The predicted octanol–water partition coefficient (Wildman–Crippen LogP) is 1.53. The molecule has 0 unspecified atom stereocenters. The van der Waals surface area contributed by atoms with Gasteiger partial charge in [-0.25, -0.2) is 4.39 Å². The number of amides is 2. The number of halogens is 1. The average Bonchev–Trinajstić information content (AvgIpc) is 2.63. The van der Waals surface area contributed by atoms with E-state index in [2.05, 4.69) is 4.98 Å². The Morgan fingerprint density at radius 3 is 2.73 bits per heavy atom. The van der Waals surface area contributed by atoms with E-state index in [4.69, 9.17) is 10.5 Å². The summed E-state index contributed by atoms with van der Waals surface area (Å²) in [6.45, 7) is 2.28. The van der Waals surface area contributed by atoms with Crippen LogP contribution in [0, 0.1) is 5.82 Å².